The maximum Gasteiger partial charge on any atom is 0.314 e. The molecule has 0 aliphatic heterocycles. The summed E-state index contributed by atoms with van der Waals surface area (Å²) in [4.78, 5) is 27.6. The number of carbonyl (C=O) groups is 2. The monoisotopic (exact) mass is 278 g/mol. The van der Waals surface area contributed by atoms with Gasteiger partial charge in [0.15, 0.2) is 0 Å². The number of urea groups is 1. The summed E-state index contributed by atoms with van der Waals surface area (Å²) in [5, 5.41) is 0. The molecule has 6 heteroatoms. The summed E-state index contributed by atoms with van der Waals surface area (Å²) in [5.41, 5.74) is 7.24. The number of hydrogen-bond donors (Lipinski definition) is 1. The fourth-order valence-electron chi connectivity index (χ4n) is 1.66. The van der Waals surface area contributed by atoms with Gasteiger partial charge in [0.1, 0.15) is 6.54 Å². The van der Waals surface area contributed by atoms with Gasteiger partial charge in [0.05, 0.1) is 0 Å². The molecule has 0 saturated carbocycles. The first-order valence-corrected chi connectivity index (χ1v) is 6.32. The number of anilines is 1. The number of nitrogens with two attached hydrogens (primary N) is 1. The minimum atomic E-state index is -0.609. The van der Waals surface area contributed by atoms with E-state index in [1.54, 1.807) is 11.9 Å². The predicted molar refractivity (Wildman–Crippen MR) is 79.5 cm³/mol. The first-order chi connectivity index (χ1) is 9.31. The lowest BCUT2D eigenvalue weighted by molar-refractivity contribution is -0.130. The van der Waals surface area contributed by atoms with E-state index in [-0.39, 0.29) is 12.5 Å². The Labute approximate surface area is 119 Å². The Morgan fingerprint density at radius 2 is 1.55 bits per heavy atom. The van der Waals surface area contributed by atoms with Crippen LogP contribution in [0.3, 0.4) is 0 Å². The van der Waals surface area contributed by atoms with E-state index in [1.165, 1.54) is 11.9 Å². The van der Waals surface area contributed by atoms with Crippen molar-refractivity contribution >= 4 is 17.6 Å². The van der Waals surface area contributed by atoms with Crippen molar-refractivity contribution in [1.82, 2.24) is 9.80 Å². The Morgan fingerprint density at radius 3 is 2.00 bits per heavy atom. The van der Waals surface area contributed by atoms with E-state index in [1.807, 2.05) is 43.3 Å². The Morgan fingerprint density at radius 1 is 1.00 bits per heavy atom. The molecule has 110 valence electrons. The van der Waals surface area contributed by atoms with Crippen molar-refractivity contribution in [3.63, 3.8) is 0 Å². The summed E-state index contributed by atoms with van der Waals surface area (Å²) in [6.07, 6.45) is 0. The van der Waals surface area contributed by atoms with Crippen molar-refractivity contribution < 1.29 is 9.59 Å². The summed E-state index contributed by atoms with van der Waals surface area (Å²) in [6, 6.07) is 7.36. The molecular formula is C14H22N4O2. The Hall–Kier alpha value is -2.24. The highest BCUT2D eigenvalue weighted by Gasteiger charge is 2.14. The molecule has 0 unspecified atom stereocenters. The number of nitrogens with zero attached hydrogens (tertiary/aromatic N) is 3. The van der Waals surface area contributed by atoms with Crippen molar-refractivity contribution in [2.75, 3.05) is 39.6 Å². The summed E-state index contributed by atoms with van der Waals surface area (Å²) in [5.74, 6) is -0.150. The molecule has 0 radical (unpaired) electrons. The molecule has 0 bridgehead atoms. The van der Waals surface area contributed by atoms with Gasteiger partial charge < -0.3 is 20.4 Å². The molecule has 0 aliphatic carbocycles. The van der Waals surface area contributed by atoms with Gasteiger partial charge in [-0.25, -0.2) is 4.79 Å². The highest BCUT2D eigenvalue weighted by Crippen LogP contribution is 2.13. The molecule has 0 saturated heterocycles. The van der Waals surface area contributed by atoms with Crippen LogP contribution in [-0.2, 0) is 11.3 Å². The largest absolute Gasteiger partial charge is 0.378 e. The zero-order valence-corrected chi connectivity index (χ0v) is 12.5. The molecule has 2 N–H and O–H groups in total. The molecular weight excluding hydrogens is 256 g/mol. The van der Waals surface area contributed by atoms with Gasteiger partial charge in [-0.2, -0.15) is 0 Å². The molecule has 6 nitrogen and oxygen atoms in total. The van der Waals surface area contributed by atoms with E-state index in [2.05, 4.69) is 0 Å². The van der Waals surface area contributed by atoms with Crippen molar-refractivity contribution in [2.24, 2.45) is 5.73 Å². The molecule has 0 aliphatic rings. The lowest BCUT2D eigenvalue weighted by Crippen LogP contribution is -2.41. The molecule has 0 spiro atoms. The second-order valence-corrected chi connectivity index (χ2v) is 5.00. The number of hydrogen-bond acceptors (Lipinski definition) is 3. The van der Waals surface area contributed by atoms with E-state index < -0.39 is 6.03 Å². The van der Waals surface area contributed by atoms with E-state index >= 15 is 0 Å². The van der Waals surface area contributed by atoms with Crippen LogP contribution in [0.25, 0.3) is 0 Å². The number of benzene rings is 1. The predicted octanol–water partition coefficient (Wildman–Crippen LogP) is 0.721. The third-order valence-electron chi connectivity index (χ3n) is 3.05. The van der Waals surface area contributed by atoms with Gasteiger partial charge in [0, 0.05) is 40.4 Å². The number of primary amides is 1. The van der Waals surface area contributed by atoms with Crippen molar-refractivity contribution in [3.8, 4) is 0 Å². The van der Waals surface area contributed by atoms with Crippen LogP contribution < -0.4 is 10.6 Å². The van der Waals surface area contributed by atoms with Crippen LogP contribution in [0, 0.1) is 0 Å². The Balaban J connectivity index is 2.59. The third-order valence-corrected chi connectivity index (χ3v) is 3.05. The summed E-state index contributed by atoms with van der Waals surface area (Å²) in [6.45, 7) is 0.487. The van der Waals surface area contributed by atoms with Crippen LogP contribution in [0.15, 0.2) is 24.3 Å². The van der Waals surface area contributed by atoms with Crippen LogP contribution in [-0.4, -0.2) is 56.5 Å². The first kappa shape index (κ1) is 15.8. The van der Waals surface area contributed by atoms with Crippen LogP contribution in [0.1, 0.15) is 5.56 Å². The quantitative estimate of drug-likeness (QED) is 0.863. The van der Waals surface area contributed by atoms with Gasteiger partial charge in [-0.3, -0.25) is 4.79 Å². The van der Waals surface area contributed by atoms with Crippen LogP contribution in [0.5, 0.6) is 0 Å². The van der Waals surface area contributed by atoms with E-state index in [9.17, 15) is 9.59 Å². The average molecular weight is 278 g/mol. The zero-order valence-electron chi connectivity index (χ0n) is 12.5. The average Bonchev–Trinajstić information content (AvgIpc) is 2.38. The van der Waals surface area contributed by atoms with Gasteiger partial charge >= 0.3 is 6.03 Å². The molecule has 1 rings (SSSR count). The molecule has 1 aromatic rings. The molecule has 1 aromatic carbocycles. The fraction of sp³-hybridized carbons (Fsp3) is 0.429. The van der Waals surface area contributed by atoms with Crippen molar-refractivity contribution in [2.45, 2.75) is 6.54 Å². The number of amides is 3. The fourth-order valence-corrected chi connectivity index (χ4v) is 1.66. The summed E-state index contributed by atoms with van der Waals surface area (Å²) in [7, 11) is 7.16. The molecule has 0 fully saturated rings. The maximum atomic E-state index is 11.9. The normalized spacial score (nSPS) is 10.0. The van der Waals surface area contributed by atoms with Gasteiger partial charge in [-0.15, -0.1) is 0 Å². The SMILES string of the molecule is CN(CC(=O)N(C)Cc1ccc(N(C)C)cc1)C(N)=O. The second-order valence-electron chi connectivity index (χ2n) is 5.00. The standard InChI is InChI=1S/C14H22N4O2/c1-16(2)12-7-5-11(6-8-12)9-17(3)13(19)10-18(4)14(15)20/h5-8H,9-10H2,1-4H3,(H2,15,20). The zero-order chi connectivity index (χ0) is 15.3. The summed E-state index contributed by atoms with van der Waals surface area (Å²) >= 11 is 0. The minimum absolute atomic E-state index is 0.0123. The van der Waals surface area contributed by atoms with Gasteiger partial charge in [0.25, 0.3) is 0 Å². The first-order valence-electron chi connectivity index (χ1n) is 6.32. The van der Waals surface area contributed by atoms with E-state index in [0.717, 1.165) is 11.3 Å². The van der Waals surface area contributed by atoms with Gasteiger partial charge in [0.2, 0.25) is 5.91 Å². The Bertz CT molecular complexity index is 471. The van der Waals surface area contributed by atoms with Crippen LogP contribution >= 0.6 is 0 Å². The maximum absolute atomic E-state index is 11.9. The lowest BCUT2D eigenvalue weighted by Gasteiger charge is -2.21. The number of likely N-dealkylation sites (N-methyl/N-ethyl adjacent to an activating group) is 2. The highest BCUT2D eigenvalue weighted by molar-refractivity contribution is 5.83. The molecule has 0 aromatic heterocycles. The molecule has 0 heterocycles. The van der Waals surface area contributed by atoms with Gasteiger partial charge in [-0.05, 0) is 17.7 Å². The minimum Gasteiger partial charge on any atom is -0.378 e. The van der Waals surface area contributed by atoms with Crippen molar-refractivity contribution in [3.05, 3.63) is 29.8 Å². The second kappa shape index (κ2) is 6.79. The molecule has 3 amide bonds. The molecule has 0 atom stereocenters. The summed E-state index contributed by atoms with van der Waals surface area (Å²) < 4.78 is 0. The van der Waals surface area contributed by atoms with E-state index in [0.29, 0.717) is 6.54 Å². The highest BCUT2D eigenvalue weighted by atomic mass is 16.2. The number of carbonyl (C=O) groups excluding carboxylic acids is 2. The van der Waals surface area contributed by atoms with Gasteiger partial charge in [-0.1, -0.05) is 12.1 Å². The molecule has 20 heavy (non-hydrogen) atoms. The topological polar surface area (TPSA) is 69.9 Å². The van der Waals surface area contributed by atoms with Crippen LogP contribution in [0.4, 0.5) is 10.5 Å². The van der Waals surface area contributed by atoms with E-state index in [4.69, 9.17) is 5.73 Å². The van der Waals surface area contributed by atoms with Crippen molar-refractivity contribution in [1.29, 1.82) is 0 Å². The lowest BCUT2D eigenvalue weighted by atomic mass is 10.2. The third kappa shape index (κ3) is 4.46. The smallest absolute Gasteiger partial charge is 0.314 e. The Kier molecular flexibility index (Phi) is 5.37. The number of rotatable bonds is 5. The van der Waals surface area contributed by atoms with Crippen LogP contribution in [0.2, 0.25) is 0 Å².